The molecule has 0 bridgehead atoms. The number of ether oxygens (including phenoxy) is 1. The molecule has 0 unspecified atom stereocenters. The van der Waals surface area contributed by atoms with Crippen molar-refractivity contribution in [1.82, 2.24) is 9.97 Å². The second-order valence-electron chi connectivity index (χ2n) is 3.56. The van der Waals surface area contributed by atoms with Crippen LogP contribution in [0, 0.1) is 0 Å². The van der Waals surface area contributed by atoms with Crippen molar-refractivity contribution < 1.29 is 4.74 Å². The van der Waals surface area contributed by atoms with Crippen molar-refractivity contribution >= 4 is 0 Å². The Morgan fingerprint density at radius 2 is 1.94 bits per heavy atom. The molecule has 3 rings (SSSR count). The molecule has 1 aliphatic heterocycles. The molecule has 0 saturated carbocycles. The van der Waals surface area contributed by atoms with Crippen molar-refractivity contribution in [3.05, 3.63) is 50.7 Å². The summed E-state index contributed by atoms with van der Waals surface area (Å²) in [5, 5.41) is 0. The summed E-state index contributed by atoms with van der Waals surface area (Å²) in [6.45, 7) is 0.346. The standard InChI is InChI=1S/C11H8N2O3/c14-10-9-8(12-11(15)13-10)7-4-2-1-3-6(7)5-16-9/h1-4H,5H2,(H2,12,13,14,15). The molecule has 0 atom stereocenters. The van der Waals surface area contributed by atoms with Crippen LogP contribution in [0.1, 0.15) is 5.56 Å². The van der Waals surface area contributed by atoms with Gasteiger partial charge in [0.15, 0.2) is 0 Å². The summed E-state index contributed by atoms with van der Waals surface area (Å²) in [6, 6.07) is 7.50. The third kappa shape index (κ3) is 1.18. The predicted octanol–water partition coefficient (Wildman–Crippen LogP) is 0.623. The van der Waals surface area contributed by atoms with Crippen molar-refractivity contribution in [2.45, 2.75) is 6.61 Å². The summed E-state index contributed by atoms with van der Waals surface area (Å²) in [4.78, 5) is 27.4. The molecule has 1 aromatic carbocycles. The van der Waals surface area contributed by atoms with Gasteiger partial charge in [-0.3, -0.25) is 9.78 Å². The summed E-state index contributed by atoms with van der Waals surface area (Å²) in [7, 11) is 0. The molecule has 0 amide bonds. The van der Waals surface area contributed by atoms with Gasteiger partial charge in [0.1, 0.15) is 6.61 Å². The van der Waals surface area contributed by atoms with Gasteiger partial charge in [0.2, 0.25) is 5.75 Å². The van der Waals surface area contributed by atoms with Gasteiger partial charge in [-0.05, 0) is 5.56 Å². The van der Waals surface area contributed by atoms with Crippen molar-refractivity contribution in [2.24, 2.45) is 0 Å². The predicted molar refractivity (Wildman–Crippen MR) is 57.5 cm³/mol. The Morgan fingerprint density at radius 3 is 2.81 bits per heavy atom. The highest BCUT2D eigenvalue weighted by molar-refractivity contribution is 5.70. The Kier molecular flexibility index (Phi) is 1.73. The number of hydrogen-bond donors (Lipinski definition) is 2. The average Bonchev–Trinajstić information content (AvgIpc) is 2.28. The van der Waals surface area contributed by atoms with Gasteiger partial charge in [0.25, 0.3) is 5.56 Å². The number of nitrogens with one attached hydrogen (secondary N) is 2. The number of fused-ring (bicyclic) bond motifs is 3. The maximum atomic E-state index is 11.5. The molecule has 0 fully saturated rings. The molecule has 2 N–H and O–H groups in total. The summed E-state index contributed by atoms with van der Waals surface area (Å²) in [5.74, 6) is 0.179. The van der Waals surface area contributed by atoms with E-state index in [-0.39, 0.29) is 5.75 Å². The molecule has 16 heavy (non-hydrogen) atoms. The maximum Gasteiger partial charge on any atom is 0.326 e. The van der Waals surface area contributed by atoms with Crippen LogP contribution in [-0.4, -0.2) is 9.97 Å². The first-order valence-corrected chi connectivity index (χ1v) is 4.83. The van der Waals surface area contributed by atoms with Crippen LogP contribution in [0.3, 0.4) is 0 Å². The Morgan fingerprint density at radius 1 is 1.12 bits per heavy atom. The second kappa shape index (κ2) is 3.10. The van der Waals surface area contributed by atoms with Gasteiger partial charge in [0.05, 0.1) is 5.69 Å². The fourth-order valence-electron chi connectivity index (χ4n) is 1.84. The van der Waals surface area contributed by atoms with Crippen LogP contribution >= 0.6 is 0 Å². The van der Waals surface area contributed by atoms with Crippen LogP contribution in [0.15, 0.2) is 33.9 Å². The van der Waals surface area contributed by atoms with Gasteiger partial charge in [-0.15, -0.1) is 0 Å². The average molecular weight is 216 g/mol. The van der Waals surface area contributed by atoms with E-state index in [9.17, 15) is 9.59 Å². The van der Waals surface area contributed by atoms with Crippen LogP contribution in [0.25, 0.3) is 11.3 Å². The maximum absolute atomic E-state index is 11.5. The highest BCUT2D eigenvalue weighted by Gasteiger charge is 2.20. The highest BCUT2D eigenvalue weighted by Crippen LogP contribution is 2.31. The lowest BCUT2D eigenvalue weighted by molar-refractivity contribution is 0.295. The third-order valence-corrected chi connectivity index (χ3v) is 2.56. The zero-order valence-corrected chi connectivity index (χ0v) is 8.24. The number of rotatable bonds is 0. The highest BCUT2D eigenvalue weighted by atomic mass is 16.5. The van der Waals surface area contributed by atoms with E-state index >= 15 is 0 Å². The molecule has 0 aliphatic carbocycles. The van der Waals surface area contributed by atoms with Crippen LogP contribution in [0.5, 0.6) is 5.75 Å². The number of benzene rings is 1. The quantitative estimate of drug-likeness (QED) is 0.678. The lowest BCUT2D eigenvalue weighted by Gasteiger charge is -2.18. The zero-order chi connectivity index (χ0) is 11.1. The molecule has 80 valence electrons. The Bertz CT molecular complexity index is 669. The summed E-state index contributed by atoms with van der Waals surface area (Å²) in [6.07, 6.45) is 0. The number of hydrogen-bond acceptors (Lipinski definition) is 3. The molecule has 0 spiro atoms. The van der Waals surface area contributed by atoms with E-state index in [1.165, 1.54) is 0 Å². The first-order chi connectivity index (χ1) is 7.75. The molecule has 0 saturated heterocycles. The Hall–Kier alpha value is -2.30. The van der Waals surface area contributed by atoms with E-state index in [0.29, 0.717) is 12.3 Å². The zero-order valence-electron chi connectivity index (χ0n) is 8.24. The lowest BCUT2D eigenvalue weighted by Crippen LogP contribution is -2.26. The summed E-state index contributed by atoms with van der Waals surface area (Å²) in [5.41, 5.74) is 1.23. The Labute approximate surface area is 89.7 Å². The monoisotopic (exact) mass is 216 g/mol. The topological polar surface area (TPSA) is 75.0 Å². The molecular formula is C11H8N2O3. The molecule has 1 aliphatic rings. The van der Waals surface area contributed by atoms with Crippen molar-refractivity contribution in [3.63, 3.8) is 0 Å². The minimum atomic E-state index is -0.524. The smallest absolute Gasteiger partial charge is 0.326 e. The summed E-state index contributed by atoms with van der Waals surface area (Å²) >= 11 is 0. The van der Waals surface area contributed by atoms with Crippen molar-refractivity contribution in [3.8, 4) is 17.0 Å². The van der Waals surface area contributed by atoms with Crippen molar-refractivity contribution in [1.29, 1.82) is 0 Å². The molecule has 1 aromatic heterocycles. The van der Waals surface area contributed by atoms with Crippen LogP contribution in [-0.2, 0) is 6.61 Å². The molecule has 2 aromatic rings. The van der Waals surface area contributed by atoms with Crippen LogP contribution in [0.4, 0.5) is 0 Å². The van der Waals surface area contributed by atoms with Gasteiger partial charge in [-0.25, -0.2) is 4.79 Å². The van der Waals surface area contributed by atoms with E-state index in [0.717, 1.165) is 11.1 Å². The van der Waals surface area contributed by atoms with E-state index in [2.05, 4.69) is 9.97 Å². The largest absolute Gasteiger partial charge is 0.481 e. The van der Waals surface area contributed by atoms with E-state index in [4.69, 9.17) is 4.74 Å². The van der Waals surface area contributed by atoms with Crippen LogP contribution in [0.2, 0.25) is 0 Å². The lowest BCUT2D eigenvalue weighted by atomic mass is 10.0. The van der Waals surface area contributed by atoms with Gasteiger partial charge in [0, 0.05) is 5.56 Å². The third-order valence-electron chi connectivity index (χ3n) is 2.56. The SMILES string of the molecule is O=c1[nH]c2c(c(=O)[nH]1)OCc1ccccc1-2. The Balaban J connectivity index is 2.40. The second-order valence-corrected chi connectivity index (χ2v) is 3.56. The minimum Gasteiger partial charge on any atom is -0.481 e. The molecule has 5 nitrogen and oxygen atoms in total. The number of aromatic nitrogens is 2. The van der Waals surface area contributed by atoms with E-state index < -0.39 is 11.2 Å². The van der Waals surface area contributed by atoms with Gasteiger partial charge in [-0.1, -0.05) is 24.3 Å². The number of aromatic amines is 2. The van der Waals surface area contributed by atoms with Gasteiger partial charge in [-0.2, -0.15) is 0 Å². The number of H-pyrrole nitrogens is 2. The van der Waals surface area contributed by atoms with Gasteiger partial charge >= 0.3 is 5.69 Å². The van der Waals surface area contributed by atoms with Crippen molar-refractivity contribution in [2.75, 3.05) is 0 Å². The fraction of sp³-hybridized carbons (Fsp3) is 0.0909. The first kappa shape index (κ1) is 8.96. The fourth-order valence-corrected chi connectivity index (χ4v) is 1.84. The van der Waals surface area contributed by atoms with E-state index in [1.54, 1.807) is 0 Å². The molecular weight excluding hydrogens is 208 g/mol. The van der Waals surface area contributed by atoms with E-state index in [1.807, 2.05) is 24.3 Å². The van der Waals surface area contributed by atoms with Crippen LogP contribution < -0.4 is 16.0 Å². The normalized spacial score (nSPS) is 12.5. The molecule has 0 radical (unpaired) electrons. The molecule has 2 heterocycles. The summed E-state index contributed by atoms with van der Waals surface area (Å²) < 4.78 is 5.32. The first-order valence-electron chi connectivity index (χ1n) is 4.83. The van der Waals surface area contributed by atoms with Gasteiger partial charge < -0.3 is 9.72 Å². The minimum absolute atomic E-state index is 0.179. The molecule has 5 heteroatoms.